The van der Waals surface area contributed by atoms with Gasteiger partial charge in [-0.1, -0.05) is 38.8 Å². The summed E-state index contributed by atoms with van der Waals surface area (Å²) in [6.45, 7) is 4.54. The molecule has 1 saturated heterocycles. The predicted molar refractivity (Wildman–Crippen MR) is 121 cm³/mol. The van der Waals surface area contributed by atoms with Crippen LogP contribution in [0.5, 0.6) is 0 Å². The Morgan fingerprint density at radius 3 is 2.13 bits per heavy atom. The lowest BCUT2D eigenvalue weighted by atomic mass is 9.76. The van der Waals surface area contributed by atoms with Crippen LogP contribution in [0.15, 0.2) is 18.2 Å². The molecule has 3 fully saturated rings. The molecule has 4 rings (SSSR count). The van der Waals surface area contributed by atoms with Crippen LogP contribution in [0.3, 0.4) is 0 Å². The Labute approximate surface area is 187 Å². The zero-order valence-electron chi connectivity index (χ0n) is 19.4. The molecule has 0 atom stereocenters. The van der Waals surface area contributed by atoms with Crippen LogP contribution < -0.4 is 0 Å². The first-order chi connectivity index (χ1) is 15.0. The first kappa shape index (κ1) is 23.2. The van der Waals surface area contributed by atoms with Crippen LogP contribution in [-0.2, 0) is 9.47 Å². The van der Waals surface area contributed by atoms with E-state index in [4.69, 9.17) is 9.47 Å². The van der Waals surface area contributed by atoms with E-state index in [0.29, 0.717) is 18.3 Å². The summed E-state index contributed by atoms with van der Waals surface area (Å²) in [5.74, 6) is 1.92. The zero-order chi connectivity index (χ0) is 21.8. The molecule has 0 spiro atoms. The second-order valence-corrected chi connectivity index (χ2v) is 10.4. The number of hydrogen-bond donors (Lipinski definition) is 0. The highest BCUT2D eigenvalue weighted by Crippen LogP contribution is 2.42. The normalized spacial score (nSPS) is 37.0. The fraction of sp³-hybridized carbons (Fsp3) is 0.778. The summed E-state index contributed by atoms with van der Waals surface area (Å²) in [6.07, 6.45) is 11.0. The fourth-order valence-corrected chi connectivity index (χ4v) is 6.15. The Bertz CT molecular complexity index is 697. The van der Waals surface area contributed by atoms with Gasteiger partial charge in [0.15, 0.2) is 12.0 Å². The second kappa shape index (κ2) is 10.3. The van der Waals surface area contributed by atoms with E-state index in [2.05, 4.69) is 19.1 Å². The highest BCUT2D eigenvalue weighted by Gasteiger charge is 2.40. The summed E-state index contributed by atoms with van der Waals surface area (Å²) in [6, 6.07) is 6.06. The van der Waals surface area contributed by atoms with Crippen LogP contribution in [0.2, 0.25) is 0 Å². The lowest BCUT2D eigenvalue weighted by Gasteiger charge is -2.40. The molecule has 174 valence electrons. The van der Waals surface area contributed by atoms with E-state index in [9.17, 15) is 4.39 Å². The van der Waals surface area contributed by atoms with Gasteiger partial charge in [0, 0.05) is 5.92 Å². The number of halogens is 2. The summed E-state index contributed by atoms with van der Waals surface area (Å²) in [7, 11) is 0. The molecule has 0 aromatic heterocycles. The maximum absolute atomic E-state index is 15.1. The first-order valence-corrected chi connectivity index (χ1v) is 12.7. The predicted octanol–water partition coefficient (Wildman–Crippen LogP) is 7.66. The molecule has 2 saturated carbocycles. The Morgan fingerprint density at radius 2 is 1.55 bits per heavy atom. The molecule has 0 radical (unpaired) electrons. The standard InChI is InChI=1S/C27H40F2O2/c1-3-15-27(29)17-30-26(31-18-27)22-11-9-21(10-12-22)24-14-13-23(16-25(24)28)20-7-5-19(4-2)6-8-20/h13-14,16,19-22,26H,3-12,15,17-18H2,1-2H3. The third-order valence-corrected chi connectivity index (χ3v) is 8.23. The smallest absolute Gasteiger partial charge is 0.160 e. The molecule has 3 aliphatic rings. The average Bonchev–Trinajstić information content (AvgIpc) is 2.80. The summed E-state index contributed by atoms with van der Waals surface area (Å²) in [5, 5.41) is 0. The lowest BCUT2D eigenvalue weighted by Crippen LogP contribution is -2.46. The van der Waals surface area contributed by atoms with E-state index < -0.39 is 5.67 Å². The maximum atomic E-state index is 15.1. The molecule has 2 nitrogen and oxygen atoms in total. The molecular weight excluding hydrogens is 394 g/mol. The van der Waals surface area contributed by atoms with Crippen molar-refractivity contribution in [3.63, 3.8) is 0 Å². The SMILES string of the molecule is CCCC1(F)COC(C2CCC(c3ccc(C4CCC(CC)CC4)cc3F)CC2)OC1. The quantitative estimate of drug-likeness (QED) is 0.457. The van der Waals surface area contributed by atoms with Crippen molar-refractivity contribution in [2.75, 3.05) is 13.2 Å². The van der Waals surface area contributed by atoms with Crippen molar-refractivity contribution in [1.29, 1.82) is 0 Å². The van der Waals surface area contributed by atoms with E-state index in [0.717, 1.165) is 43.6 Å². The van der Waals surface area contributed by atoms with Gasteiger partial charge >= 0.3 is 0 Å². The molecule has 0 bridgehead atoms. The van der Waals surface area contributed by atoms with Crippen molar-refractivity contribution in [2.45, 2.75) is 108 Å². The highest BCUT2D eigenvalue weighted by atomic mass is 19.1. The van der Waals surface area contributed by atoms with Crippen LogP contribution in [0.25, 0.3) is 0 Å². The molecule has 0 N–H and O–H groups in total. The Morgan fingerprint density at radius 1 is 0.903 bits per heavy atom. The van der Waals surface area contributed by atoms with Gasteiger partial charge in [0.05, 0.1) is 13.2 Å². The Kier molecular flexibility index (Phi) is 7.69. The van der Waals surface area contributed by atoms with E-state index in [1.54, 1.807) is 0 Å². The number of rotatable bonds is 6. The van der Waals surface area contributed by atoms with Crippen LogP contribution in [0.1, 0.15) is 107 Å². The highest BCUT2D eigenvalue weighted by molar-refractivity contribution is 5.30. The van der Waals surface area contributed by atoms with E-state index in [1.165, 1.54) is 37.7 Å². The molecule has 1 aliphatic heterocycles. The minimum Gasteiger partial charge on any atom is -0.349 e. The molecule has 0 unspecified atom stereocenters. The van der Waals surface area contributed by atoms with Crippen molar-refractivity contribution >= 4 is 0 Å². The zero-order valence-corrected chi connectivity index (χ0v) is 19.4. The number of ether oxygens (including phenoxy) is 2. The van der Waals surface area contributed by atoms with Gasteiger partial charge in [0.1, 0.15) is 5.82 Å². The number of alkyl halides is 1. The number of benzene rings is 1. The van der Waals surface area contributed by atoms with Crippen molar-refractivity contribution in [1.82, 2.24) is 0 Å². The minimum absolute atomic E-state index is 0.0227. The van der Waals surface area contributed by atoms with Gasteiger partial charge in [-0.05, 0) is 92.7 Å². The van der Waals surface area contributed by atoms with E-state index in [-0.39, 0.29) is 31.2 Å². The van der Waals surface area contributed by atoms with Gasteiger partial charge in [-0.2, -0.15) is 0 Å². The summed E-state index contributed by atoms with van der Waals surface area (Å²) < 4.78 is 41.2. The topological polar surface area (TPSA) is 18.5 Å². The van der Waals surface area contributed by atoms with Crippen molar-refractivity contribution < 1.29 is 18.3 Å². The third kappa shape index (κ3) is 5.50. The fourth-order valence-electron chi connectivity index (χ4n) is 6.15. The third-order valence-electron chi connectivity index (χ3n) is 8.23. The van der Waals surface area contributed by atoms with Gasteiger partial charge in [-0.15, -0.1) is 0 Å². The van der Waals surface area contributed by atoms with Crippen LogP contribution in [0.4, 0.5) is 8.78 Å². The lowest BCUT2D eigenvalue weighted by molar-refractivity contribution is -0.257. The van der Waals surface area contributed by atoms with Crippen LogP contribution in [-0.4, -0.2) is 25.2 Å². The van der Waals surface area contributed by atoms with Crippen LogP contribution in [0, 0.1) is 17.7 Å². The second-order valence-electron chi connectivity index (χ2n) is 10.4. The largest absolute Gasteiger partial charge is 0.349 e. The average molecular weight is 435 g/mol. The molecular formula is C27H40F2O2. The van der Waals surface area contributed by atoms with Gasteiger partial charge in [-0.25, -0.2) is 8.78 Å². The molecule has 1 aromatic carbocycles. The van der Waals surface area contributed by atoms with Gasteiger partial charge < -0.3 is 9.47 Å². The monoisotopic (exact) mass is 434 g/mol. The first-order valence-electron chi connectivity index (χ1n) is 12.7. The molecule has 4 heteroatoms. The Hall–Kier alpha value is -1.00. The van der Waals surface area contributed by atoms with Gasteiger partial charge in [0.2, 0.25) is 0 Å². The maximum Gasteiger partial charge on any atom is 0.160 e. The van der Waals surface area contributed by atoms with Crippen molar-refractivity contribution in [3.8, 4) is 0 Å². The Balaban J connectivity index is 1.29. The van der Waals surface area contributed by atoms with Crippen LogP contribution >= 0.6 is 0 Å². The summed E-state index contributed by atoms with van der Waals surface area (Å²) in [4.78, 5) is 0. The summed E-state index contributed by atoms with van der Waals surface area (Å²) in [5.41, 5.74) is 0.735. The molecule has 31 heavy (non-hydrogen) atoms. The van der Waals surface area contributed by atoms with Crippen molar-refractivity contribution in [3.05, 3.63) is 35.1 Å². The molecule has 0 amide bonds. The van der Waals surface area contributed by atoms with Gasteiger partial charge in [-0.3, -0.25) is 0 Å². The minimum atomic E-state index is -1.33. The molecule has 1 heterocycles. The summed E-state index contributed by atoms with van der Waals surface area (Å²) >= 11 is 0. The number of hydrogen-bond acceptors (Lipinski definition) is 2. The molecule has 2 aliphatic carbocycles. The van der Waals surface area contributed by atoms with E-state index in [1.807, 2.05) is 13.0 Å². The molecule has 1 aromatic rings. The van der Waals surface area contributed by atoms with E-state index >= 15 is 4.39 Å². The van der Waals surface area contributed by atoms with Crippen molar-refractivity contribution in [2.24, 2.45) is 11.8 Å². The van der Waals surface area contributed by atoms with Gasteiger partial charge in [0.25, 0.3) is 0 Å².